The molecule has 1 aliphatic heterocycles. The molecular formula is C15H20O3S2. The Labute approximate surface area is 128 Å². The van der Waals surface area contributed by atoms with Gasteiger partial charge in [0, 0.05) is 23.9 Å². The topological polar surface area (TPSA) is 35.5 Å². The second kappa shape index (κ2) is 7.96. The molecule has 1 aromatic rings. The summed E-state index contributed by atoms with van der Waals surface area (Å²) >= 11 is 3.63. The number of benzene rings is 1. The molecule has 1 saturated heterocycles. The van der Waals surface area contributed by atoms with Gasteiger partial charge in [-0.2, -0.15) is 11.8 Å². The minimum absolute atomic E-state index is 0.0286. The summed E-state index contributed by atoms with van der Waals surface area (Å²) in [6.07, 6.45) is 0. The normalized spacial score (nSPS) is 22.5. The SMILES string of the molecule is COCCOc1ccccc1C(=O)C1SCCSC1C. The van der Waals surface area contributed by atoms with Crippen LogP contribution in [-0.2, 0) is 4.74 Å². The van der Waals surface area contributed by atoms with E-state index in [0.29, 0.717) is 29.8 Å². The molecule has 0 amide bonds. The highest BCUT2D eigenvalue weighted by Crippen LogP contribution is 2.34. The molecule has 0 bridgehead atoms. The van der Waals surface area contributed by atoms with Crippen LogP contribution in [0.25, 0.3) is 0 Å². The van der Waals surface area contributed by atoms with Gasteiger partial charge >= 0.3 is 0 Å². The molecule has 2 rings (SSSR count). The molecule has 1 fully saturated rings. The lowest BCUT2D eigenvalue weighted by atomic mass is 10.1. The van der Waals surface area contributed by atoms with Crippen LogP contribution in [0.15, 0.2) is 24.3 Å². The molecule has 1 aliphatic rings. The number of methoxy groups -OCH3 is 1. The van der Waals surface area contributed by atoms with Gasteiger partial charge in [-0.25, -0.2) is 0 Å². The van der Waals surface area contributed by atoms with Gasteiger partial charge in [0.25, 0.3) is 0 Å². The first-order chi connectivity index (χ1) is 9.74. The first-order valence-electron chi connectivity index (χ1n) is 6.72. The van der Waals surface area contributed by atoms with Crippen molar-refractivity contribution >= 4 is 29.3 Å². The Hall–Kier alpha value is -0.650. The average molecular weight is 312 g/mol. The number of carbonyl (C=O) groups excluding carboxylic acids is 1. The Kier molecular flexibility index (Phi) is 6.26. The van der Waals surface area contributed by atoms with Gasteiger partial charge in [-0.05, 0) is 12.1 Å². The second-order valence-electron chi connectivity index (χ2n) is 4.57. The van der Waals surface area contributed by atoms with Crippen LogP contribution >= 0.6 is 23.5 Å². The molecule has 2 unspecified atom stereocenters. The molecule has 0 aromatic heterocycles. The highest BCUT2D eigenvalue weighted by atomic mass is 32.2. The molecule has 1 aromatic carbocycles. The van der Waals surface area contributed by atoms with Crippen molar-refractivity contribution < 1.29 is 14.3 Å². The lowest BCUT2D eigenvalue weighted by Crippen LogP contribution is -2.31. The van der Waals surface area contributed by atoms with Gasteiger partial charge in [0.1, 0.15) is 12.4 Å². The van der Waals surface area contributed by atoms with Gasteiger partial charge in [-0.15, -0.1) is 11.8 Å². The lowest BCUT2D eigenvalue weighted by Gasteiger charge is -2.27. The minimum atomic E-state index is 0.0286. The van der Waals surface area contributed by atoms with Crippen molar-refractivity contribution in [2.24, 2.45) is 0 Å². The molecule has 0 aliphatic carbocycles. The number of para-hydroxylation sites is 1. The van der Waals surface area contributed by atoms with Crippen LogP contribution in [0.1, 0.15) is 17.3 Å². The standard InChI is InChI=1S/C15H20O3S2/c1-11-15(20-10-9-19-11)14(16)12-5-3-4-6-13(12)18-8-7-17-2/h3-6,11,15H,7-10H2,1-2H3. The third-order valence-electron chi connectivity index (χ3n) is 3.14. The molecule has 0 radical (unpaired) electrons. The van der Waals surface area contributed by atoms with Crippen LogP contribution in [0.2, 0.25) is 0 Å². The maximum atomic E-state index is 12.7. The van der Waals surface area contributed by atoms with Crippen LogP contribution in [0.5, 0.6) is 5.75 Å². The zero-order valence-corrected chi connectivity index (χ0v) is 13.5. The van der Waals surface area contributed by atoms with Gasteiger partial charge < -0.3 is 9.47 Å². The van der Waals surface area contributed by atoms with E-state index in [-0.39, 0.29) is 11.0 Å². The van der Waals surface area contributed by atoms with Gasteiger partial charge in [0.05, 0.1) is 17.4 Å². The molecule has 2 atom stereocenters. The Balaban J connectivity index is 2.12. The number of hydrogen-bond acceptors (Lipinski definition) is 5. The zero-order chi connectivity index (χ0) is 14.4. The number of Topliss-reactive ketones (excluding diaryl/α,β-unsaturated/α-hetero) is 1. The highest BCUT2D eigenvalue weighted by Gasteiger charge is 2.31. The summed E-state index contributed by atoms with van der Waals surface area (Å²) in [4.78, 5) is 12.7. The van der Waals surface area contributed by atoms with E-state index in [9.17, 15) is 4.79 Å². The lowest BCUT2D eigenvalue weighted by molar-refractivity contribution is 0.0981. The monoisotopic (exact) mass is 312 g/mol. The van der Waals surface area contributed by atoms with Crippen molar-refractivity contribution in [2.75, 3.05) is 31.8 Å². The average Bonchev–Trinajstić information content (AvgIpc) is 2.48. The molecule has 1 heterocycles. The molecule has 0 spiro atoms. The highest BCUT2D eigenvalue weighted by molar-refractivity contribution is 8.07. The number of carbonyl (C=O) groups is 1. The molecule has 110 valence electrons. The van der Waals surface area contributed by atoms with E-state index in [0.717, 1.165) is 11.5 Å². The van der Waals surface area contributed by atoms with E-state index in [1.165, 1.54) is 0 Å². The van der Waals surface area contributed by atoms with E-state index >= 15 is 0 Å². The number of rotatable bonds is 6. The smallest absolute Gasteiger partial charge is 0.180 e. The number of ketones is 1. The van der Waals surface area contributed by atoms with E-state index in [1.807, 2.05) is 36.0 Å². The van der Waals surface area contributed by atoms with Gasteiger partial charge in [-0.1, -0.05) is 19.1 Å². The van der Waals surface area contributed by atoms with Gasteiger partial charge in [0.2, 0.25) is 0 Å². The maximum absolute atomic E-state index is 12.7. The van der Waals surface area contributed by atoms with Gasteiger partial charge in [0.15, 0.2) is 5.78 Å². The first kappa shape index (κ1) is 15.7. The fourth-order valence-electron chi connectivity index (χ4n) is 2.11. The molecule has 20 heavy (non-hydrogen) atoms. The summed E-state index contributed by atoms with van der Waals surface area (Å²) in [5.41, 5.74) is 0.690. The Morgan fingerprint density at radius 1 is 1.25 bits per heavy atom. The first-order valence-corrected chi connectivity index (χ1v) is 8.82. The molecule has 0 N–H and O–H groups in total. The van der Waals surface area contributed by atoms with Gasteiger partial charge in [-0.3, -0.25) is 4.79 Å². The quantitative estimate of drug-likeness (QED) is 0.596. The van der Waals surface area contributed by atoms with E-state index in [4.69, 9.17) is 9.47 Å². The Morgan fingerprint density at radius 2 is 2.00 bits per heavy atom. The summed E-state index contributed by atoms with van der Waals surface area (Å²) < 4.78 is 10.6. The number of ether oxygens (including phenoxy) is 2. The predicted molar refractivity (Wildman–Crippen MR) is 86.3 cm³/mol. The van der Waals surface area contributed by atoms with Crippen molar-refractivity contribution in [3.8, 4) is 5.75 Å². The van der Waals surface area contributed by atoms with Crippen molar-refractivity contribution in [1.82, 2.24) is 0 Å². The predicted octanol–water partition coefficient (Wildman–Crippen LogP) is 3.13. The Morgan fingerprint density at radius 3 is 2.75 bits per heavy atom. The third kappa shape index (κ3) is 3.93. The summed E-state index contributed by atoms with van der Waals surface area (Å²) in [6, 6.07) is 7.50. The Bertz CT molecular complexity index is 450. The molecule has 5 heteroatoms. The zero-order valence-electron chi connectivity index (χ0n) is 11.8. The van der Waals surface area contributed by atoms with Crippen LogP contribution in [0.4, 0.5) is 0 Å². The molecular weight excluding hydrogens is 292 g/mol. The van der Waals surface area contributed by atoms with Crippen molar-refractivity contribution in [1.29, 1.82) is 0 Å². The van der Waals surface area contributed by atoms with Crippen LogP contribution in [0, 0.1) is 0 Å². The summed E-state index contributed by atoms with van der Waals surface area (Å²) in [7, 11) is 1.64. The van der Waals surface area contributed by atoms with Crippen LogP contribution < -0.4 is 4.74 Å². The van der Waals surface area contributed by atoms with Crippen molar-refractivity contribution in [2.45, 2.75) is 17.4 Å². The summed E-state index contributed by atoms with van der Waals surface area (Å²) in [5.74, 6) is 3.01. The van der Waals surface area contributed by atoms with E-state index < -0.39 is 0 Å². The van der Waals surface area contributed by atoms with Crippen molar-refractivity contribution in [3.05, 3.63) is 29.8 Å². The summed E-state index contributed by atoms with van der Waals surface area (Å²) in [5, 5.41) is 0.384. The van der Waals surface area contributed by atoms with Crippen molar-refractivity contribution in [3.63, 3.8) is 0 Å². The van der Waals surface area contributed by atoms with Crippen LogP contribution in [-0.4, -0.2) is 48.1 Å². The van der Waals surface area contributed by atoms with Crippen LogP contribution in [0.3, 0.4) is 0 Å². The number of hydrogen-bond donors (Lipinski definition) is 0. The second-order valence-corrected chi connectivity index (χ2v) is 7.30. The fraction of sp³-hybridized carbons (Fsp3) is 0.533. The minimum Gasteiger partial charge on any atom is -0.490 e. The summed E-state index contributed by atoms with van der Waals surface area (Å²) in [6.45, 7) is 3.11. The third-order valence-corrected chi connectivity index (χ3v) is 6.23. The van der Waals surface area contributed by atoms with E-state index in [1.54, 1.807) is 18.9 Å². The molecule has 3 nitrogen and oxygen atoms in total. The maximum Gasteiger partial charge on any atom is 0.180 e. The van der Waals surface area contributed by atoms with E-state index in [2.05, 4.69) is 6.92 Å². The largest absolute Gasteiger partial charge is 0.490 e. The molecule has 0 saturated carbocycles. The number of thioether (sulfide) groups is 2. The fourth-order valence-corrected chi connectivity index (χ4v) is 4.82.